The molecule has 0 bridgehead atoms. The van der Waals surface area contributed by atoms with Gasteiger partial charge in [-0.3, -0.25) is 15.7 Å². The molecule has 2 aromatic carbocycles. The fourth-order valence-corrected chi connectivity index (χ4v) is 4.16. The molecule has 6 nitrogen and oxygen atoms in total. The highest BCUT2D eigenvalue weighted by atomic mass is 35.5. The Morgan fingerprint density at radius 2 is 2.06 bits per heavy atom. The number of hydrogen-bond donors (Lipinski definition) is 2. The van der Waals surface area contributed by atoms with Crippen LogP contribution in [-0.2, 0) is 6.42 Å². The zero-order valence-electron chi connectivity index (χ0n) is 18.9. The highest BCUT2D eigenvalue weighted by Crippen LogP contribution is 2.43. The molecule has 1 atom stereocenters. The molecule has 0 aliphatic heterocycles. The molecule has 4 rings (SSSR count). The molecule has 1 fully saturated rings. The molecule has 2 N–H and O–H groups in total. The van der Waals surface area contributed by atoms with Crippen LogP contribution in [0, 0.1) is 19.7 Å². The molecule has 1 aliphatic rings. The van der Waals surface area contributed by atoms with Crippen LogP contribution in [0.2, 0.25) is 5.02 Å². The van der Waals surface area contributed by atoms with Gasteiger partial charge >= 0.3 is 0 Å². The molecule has 0 radical (unpaired) electrons. The number of nitrogens with zero attached hydrogens (tertiary/aromatic N) is 3. The fourth-order valence-electron chi connectivity index (χ4n) is 3.67. The van der Waals surface area contributed by atoms with E-state index in [0.717, 1.165) is 24.0 Å². The fraction of sp³-hybridized carbons (Fsp3) is 0.320. The van der Waals surface area contributed by atoms with E-state index in [0.29, 0.717) is 22.8 Å². The van der Waals surface area contributed by atoms with E-state index in [1.165, 1.54) is 6.20 Å². The number of amidine groups is 1. The second-order valence-electron chi connectivity index (χ2n) is 8.36. The van der Waals surface area contributed by atoms with Gasteiger partial charge in [0.1, 0.15) is 5.82 Å². The van der Waals surface area contributed by atoms with Gasteiger partial charge in [0.25, 0.3) is 0 Å². The van der Waals surface area contributed by atoms with Crippen molar-refractivity contribution in [3.8, 4) is 11.5 Å². The number of hydrogen-bond acceptors (Lipinski definition) is 5. The molecule has 3 aromatic rings. The van der Waals surface area contributed by atoms with Crippen LogP contribution < -0.4 is 10.2 Å². The van der Waals surface area contributed by atoms with E-state index in [4.69, 9.17) is 27.9 Å². The Bertz CT molecular complexity index is 1220. The molecule has 9 heteroatoms. The van der Waals surface area contributed by atoms with E-state index in [9.17, 15) is 5.21 Å². The van der Waals surface area contributed by atoms with Crippen LogP contribution >= 0.6 is 23.2 Å². The highest BCUT2D eigenvalue weighted by molar-refractivity contribution is 6.31. The number of benzene rings is 2. The summed E-state index contributed by atoms with van der Waals surface area (Å²) < 4.78 is 20.9. The van der Waals surface area contributed by atoms with Gasteiger partial charge in [-0.15, -0.1) is 11.6 Å². The molecule has 1 heterocycles. The van der Waals surface area contributed by atoms with Crippen LogP contribution in [0.3, 0.4) is 0 Å². The Kier molecular flexibility index (Phi) is 7.66. The molecule has 0 amide bonds. The normalized spacial score (nSPS) is 14.7. The zero-order chi connectivity index (χ0) is 24.2. The summed E-state index contributed by atoms with van der Waals surface area (Å²) in [5.41, 5.74) is 4.86. The van der Waals surface area contributed by atoms with E-state index in [2.05, 4.69) is 20.4 Å². The van der Waals surface area contributed by atoms with Crippen molar-refractivity contribution in [2.75, 3.05) is 5.88 Å². The maximum atomic E-state index is 15.0. The van der Waals surface area contributed by atoms with E-state index < -0.39 is 11.9 Å². The van der Waals surface area contributed by atoms with Gasteiger partial charge in [-0.25, -0.2) is 14.4 Å². The highest BCUT2D eigenvalue weighted by Gasteiger charge is 2.28. The molecule has 178 valence electrons. The summed E-state index contributed by atoms with van der Waals surface area (Å²) in [6.07, 6.45) is 3.82. The van der Waals surface area contributed by atoms with Gasteiger partial charge < -0.3 is 4.74 Å². The minimum atomic E-state index is -0.422. The predicted octanol–water partition coefficient (Wildman–Crippen LogP) is 6.13. The minimum Gasteiger partial charge on any atom is -0.450 e. The van der Waals surface area contributed by atoms with Crippen LogP contribution in [0.25, 0.3) is 0 Å². The number of aromatic nitrogens is 2. The zero-order valence-corrected chi connectivity index (χ0v) is 20.4. The van der Waals surface area contributed by atoms with Gasteiger partial charge in [-0.1, -0.05) is 35.9 Å². The van der Waals surface area contributed by atoms with Crippen LogP contribution in [0.4, 0.5) is 4.39 Å². The van der Waals surface area contributed by atoms with Crippen molar-refractivity contribution in [2.24, 2.45) is 4.99 Å². The molecular formula is C25H25Cl2FN4O2. The number of alkyl halides is 1. The van der Waals surface area contributed by atoms with Crippen LogP contribution in [0.15, 0.2) is 47.6 Å². The average Bonchev–Trinajstić information content (AvgIpc) is 3.66. The van der Waals surface area contributed by atoms with Crippen LogP contribution in [0.1, 0.15) is 47.0 Å². The summed E-state index contributed by atoms with van der Waals surface area (Å²) in [7, 11) is 0. The van der Waals surface area contributed by atoms with Crippen molar-refractivity contribution in [3.05, 3.63) is 81.6 Å². The molecule has 0 unspecified atom stereocenters. The largest absolute Gasteiger partial charge is 0.450 e. The summed E-state index contributed by atoms with van der Waals surface area (Å²) in [5, 5.41) is 10.5. The molecule has 34 heavy (non-hydrogen) atoms. The van der Waals surface area contributed by atoms with E-state index in [-0.39, 0.29) is 34.8 Å². The summed E-state index contributed by atoms with van der Waals surface area (Å²) in [4.78, 5) is 13.1. The third-order valence-electron chi connectivity index (χ3n) is 5.59. The van der Waals surface area contributed by atoms with Crippen LogP contribution in [-0.4, -0.2) is 32.9 Å². The first kappa shape index (κ1) is 24.4. The van der Waals surface area contributed by atoms with Gasteiger partial charge in [0, 0.05) is 10.9 Å². The third kappa shape index (κ3) is 5.66. The number of halogens is 3. The number of aryl methyl sites for hydroxylation is 2. The van der Waals surface area contributed by atoms with Crippen molar-refractivity contribution in [1.29, 1.82) is 0 Å². The van der Waals surface area contributed by atoms with E-state index in [1.54, 1.807) is 25.1 Å². The Morgan fingerprint density at radius 1 is 1.26 bits per heavy atom. The van der Waals surface area contributed by atoms with Crippen molar-refractivity contribution >= 4 is 29.0 Å². The second kappa shape index (κ2) is 10.7. The van der Waals surface area contributed by atoms with Gasteiger partial charge in [0.05, 0.1) is 12.2 Å². The van der Waals surface area contributed by atoms with E-state index >= 15 is 4.39 Å². The van der Waals surface area contributed by atoms with Gasteiger partial charge in [0.15, 0.2) is 28.8 Å². The Balaban J connectivity index is 1.65. The van der Waals surface area contributed by atoms with Crippen LogP contribution in [0.5, 0.6) is 11.5 Å². The van der Waals surface area contributed by atoms with Crippen molar-refractivity contribution < 1.29 is 14.3 Å². The number of hydroxylamine groups is 1. The maximum absolute atomic E-state index is 15.0. The van der Waals surface area contributed by atoms with Crippen molar-refractivity contribution in [3.63, 3.8) is 0 Å². The number of ether oxygens (including phenoxy) is 1. The summed E-state index contributed by atoms with van der Waals surface area (Å²) >= 11 is 12.6. The smallest absolute Gasteiger partial charge is 0.175 e. The lowest BCUT2D eigenvalue weighted by atomic mass is 10.1. The van der Waals surface area contributed by atoms with E-state index in [1.807, 2.05) is 25.1 Å². The molecule has 0 saturated heterocycles. The first-order valence-electron chi connectivity index (χ1n) is 11.0. The number of aliphatic imine (C=N–C) groups is 1. The second-order valence-corrected chi connectivity index (χ2v) is 9.08. The van der Waals surface area contributed by atoms with Gasteiger partial charge in [-0.05, 0) is 67.9 Å². The standard InChI is InChI=1S/C25H25Cl2FN4O2/c1-14-6-7-17(20(27)10-14)11-18(12-26)31-25(32-33)24-22(13-29-15(2)30-24)34-21-5-3-4-19(23(21)28)16-8-9-16/h3-7,10,13,16,18,33H,8-9,11-12H2,1-2H3,(H,31,32)/t18-/m1/s1. The molecule has 1 aromatic heterocycles. The van der Waals surface area contributed by atoms with Gasteiger partial charge in [-0.2, -0.15) is 0 Å². The Morgan fingerprint density at radius 3 is 2.74 bits per heavy atom. The Labute approximate surface area is 207 Å². The Hall–Kier alpha value is -2.74. The molecule has 1 aliphatic carbocycles. The minimum absolute atomic E-state index is 0.0353. The average molecular weight is 503 g/mol. The quantitative estimate of drug-likeness (QED) is 0.167. The summed E-state index contributed by atoms with van der Waals surface area (Å²) in [6, 6.07) is 10.4. The molecule has 1 saturated carbocycles. The van der Waals surface area contributed by atoms with Crippen molar-refractivity contribution in [2.45, 2.75) is 45.1 Å². The first-order valence-corrected chi connectivity index (χ1v) is 11.9. The third-order valence-corrected chi connectivity index (χ3v) is 6.30. The lowest BCUT2D eigenvalue weighted by Gasteiger charge is -2.16. The van der Waals surface area contributed by atoms with Gasteiger partial charge in [0.2, 0.25) is 0 Å². The number of nitrogens with one attached hydrogen (secondary N) is 1. The maximum Gasteiger partial charge on any atom is 0.175 e. The first-order chi connectivity index (χ1) is 16.4. The molecular weight excluding hydrogens is 478 g/mol. The SMILES string of the molecule is Cc1ccc(C[C@H](CCl)N=C(NO)c2nc(C)ncc2Oc2cccc(C3CC3)c2F)c(Cl)c1. The topological polar surface area (TPSA) is 79.6 Å². The predicted molar refractivity (Wildman–Crippen MR) is 131 cm³/mol. The van der Waals surface area contributed by atoms with Crippen molar-refractivity contribution in [1.82, 2.24) is 15.4 Å². The molecule has 0 spiro atoms. The monoisotopic (exact) mass is 502 g/mol. The lowest BCUT2D eigenvalue weighted by Crippen LogP contribution is -2.26. The summed E-state index contributed by atoms with van der Waals surface area (Å²) in [5.74, 6) is 0.685. The lowest BCUT2D eigenvalue weighted by molar-refractivity contribution is 0.233. The number of rotatable bonds is 8. The summed E-state index contributed by atoms with van der Waals surface area (Å²) in [6.45, 7) is 3.66.